The fourth-order valence-corrected chi connectivity index (χ4v) is 2.65. The topological polar surface area (TPSA) is 105 Å². The van der Waals surface area contributed by atoms with Gasteiger partial charge in [-0.2, -0.15) is 5.26 Å². The van der Waals surface area contributed by atoms with Gasteiger partial charge in [0.15, 0.2) is 0 Å². The number of halogens is 1. The van der Waals surface area contributed by atoms with Crippen molar-refractivity contribution in [1.29, 1.82) is 5.26 Å². The van der Waals surface area contributed by atoms with Gasteiger partial charge in [0.1, 0.15) is 5.82 Å². The number of aromatic nitrogens is 2. The second-order valence-corrected chi connectivity index (χ2v) is 5.10. The zero-order chi connectivity index (χ0) is 15.9. The fraction of sp³-hybridized carbons (Fsp3) is 0.200. The van der Waals surface area contributed by atoms with E-state index in [0.29, 0.717) is 28.9 Å². The highest BCUT2D eigenvalue weighted by Gasteiger charge is 2.29. The lowest BCUT2D eigenvalue weighted by Crippen LogP contribution is -2.37. The van der Waals surface area contributed by atoms with Crippen molar-refractivity contribution in [2.75, 3.05) is 5.73 Å². The monoisotopic (exact) mass is 297 g/mol. The van der Waals surface area contributed by atoms with Gasteiger partial charge in [-0.3, -0.25) is 4.79 Å². The maximum absolute atomic E-state index is 13.6. The first-order valence-electron chi connectivity index (χ1n) is 6.62. The third kappa shape index (κ3) is 2.35. The number of carbonyl (C=O) groups is 1. The number of nitrogens with zero attached hydrogens (tertiary/aromatic N) is 3. The molecule has 3 rings (SSSR count). The lowest BCUT2D eigenvalue weighted by molar-refractivity contribution is 0.0922. The van der Waals surface area contributed by atoms with Crippen molar-refractivity contribution in [1.82, 2.24) is 15.3 Å². The molecule has 1 aliphatic heterocycles. The number of nitrogens with one attached hydrogen (secondary N) is 1. The first-order chi connectivity index (χ1) is 10.5. The van der Waals surface area contributed by atoms with E-state index in [-0.39, 0.29) is 17.4 Å². The van der Waals surface area contributed by atoms with E-state index in [1.165, 1.54) is 6.07 Å². The zero-order valence-corrected chi connectivity index (χ0v) is 11.7. The zero-order valence-electron chi connectivity index (χ0n) is 11.7. The Labute approximate surface area is 125 Å². The third-order valence-corrected chi connectivity index (χ3v) is 3.56. The van der Waals surface area contributed by atoms with E-state index in [0.717, 1.165) is 6.07 Å². The molecule has 3 N–H and O–H groups in total. The smallest absolute Gasteiger partial charge is 0.255 e. The van der Waals surface area contributed by atoms with Crippen molar-refractivity contribution in [3.63, 3.8) is 0 Å². The highest BCUT2D eigenvalue weighted by atomic mass is 19.1. The molecular formula is C15H12FN5O. The molecule has 1 aromatic heterocycles. The lowest BCUT2D eigenvalue weighted by Gasteiger charge is -2.26. The number of nitrogen functional groups attached to an aromatic ring is 1. The summed E-state index contributed by atoms with van der Waals surface area (Å²) in [6.07, 6.45) is 0.364. The summed E-state index contributed by atoms with van der Waals surface area (Å²) in [4.78, 5) is 20.3. The fourth-order valence-electron chi connectivity index (χ4n) is 2.65. The molecular weight excluding hydrogens is 285 g/mol. The number of nitrogens with two attached hydrogens (primary N) is 1. The summed E-state index contributed by atoms with van der Waals surface area (Å²) < 4.78 is 13.6. The number of anilines is 1. The first-order valence-corrected chi connectivity index (χ1v) is 6.62. The highest BCUT2D eigenvalue weighted by molar-refractivity contribution is 5.97. The molecule has 7 heteroatoms. The van der Waals surface area contributed by atoms with Crippen LogP contribution in [0.3, 0.4) is 0 Å². The van der Waals surface area contributed by atoms with Crippen LogP contribution in [0, 0.1) is 24.1 Å². The van der Waals surface area contributed by atoms with Gasteiger partial charge in [0.25, 0.3) is 5.91 Å². The highest BCUT2D eigenvalue weighted by Crippen LogP contribution is 2.27. The van der Waals surface area contributed by atoms with Gasteiger partial charge >= 0.3 is 0 Å². The summed E-state index contributed by atoms with van der Waals surface area (Å²) in [6, 6.07) is 5.43. The number of nitriles is 1. The molecule has 1 amide bonds. The van der Waals surface area contributed by atoms with E-state index in [9.17, 15) is 9.18 Å². The van der Waals surface area contributed by atoms with Crippen LogP contribution in [0.5, 0.6) is 0 Å². The predicted octanol–water partition coefficient (Wildman–Crippen LogP) is 1.41. The van der Waals surface area contributed by atoms with Gasteiger partial charge in [0.05, 0.1) is 34.6 Å². The number of rotatable bonds is 1. The lowest BCUT2D eigenvalue weighted by atomic mass is 9.93. The number of amides is 1. The Bertz CT molecular complexity index is 827. The van der Waals surface area contributed by atoms with Crippen LogP contribution >= 0.6 is 0 Å². The Morgan fingerprint density at radius 1 is 1.41 bits per heavy atom. The standard InChI is InChI=1S/C15H12FN5O/c1-7-13-12(21-15(18)19-7)5-11(20-14(13)22)9-2-8(6-17)3-10(16)4-9/h2-4,11H,5H2,1H3,(H,20,22)(H2,18,19,21). The summed E-state index contributed by atoms with van der Waals surface area (Å²) in [5, 5.41) is 11.7. The van der Waals surface area contributed by atoms with Crippen molar-refractivity contribution in [2.45, 2.75) is 19.4 Å². The molecule has 0 bridgehead atoms. The van der Waals surface area contributed by atoms with Crippen LogP contribution in [0.4, 0.5) is 10.3 Å². The van der Waals surface area contributed by atoms with Crippen LogP contribution < -0.4 is 11.1 Å². The number of fused-ring (bicyclic) bond motifs is 1. The van der Waals surface area contributed by atoms with Crippen molar-refractivity contribution in [2.24, 2.45) is 0 Å². The predicted molar refractivity (Wildman–Crippen MR) is 76.2 cm³/mol. The van der Waals surface area contributed by atoms with Gasteiger partial charge in [-0.05, 0) is 30.7 Å². The van der Waals surface area contributed by atoms with Crippen LogP contribution in [0.1, 0.15) is 38.9 Å². The van der Waals surface area contributed by atoms with E-state index in [1.54, 1.807) is 13.0 Å². The summed E-state index contributed by atoms with van der Waals surface area (Å²) in [6.45, 7) is 1.69. The first kappa shape index (κ1) is 13.9. The minimum absolute atomic E-state index is 0.0988. The Hall–Kier alpha value is -3.01. The van der Waals surface area contributed by atoms with Gasteiger partial charge < -0.3 is 11.1 Å². The number of hydrogen-bond acceptors (Lipinski definition) is 5. The summed E-state index contributed by atoms with van der Waals surface area (Å²) in [7, 11) is 0. The molecule has 1 aliphatic rings. The molecule has 0 saturated carbocycles. The van der Waals surface area contributed by atoms with E-state index >= 15 is 0 Å². The average molecular weight is 297 g/mol. The number of carbonyl (C=O) groups excluding carboxylic acids is 1. The van der Waals surface area contributed by atoms with Crippen molar-refractivity contribution in [3.8, 4) is 6.07 Å². The van der Waals surface area contributed by atoms with Gasteiger partial charge in [-0.1, -0.05) is 0 Å². The van der Waals surface area contributed by atoms with Gasteiger partial charge in [-0.25, -0.2) is 14.4 Å². The summed E-state index contributed by atoms with van der Waals surface area (Å²) in [5.74, 6) is -0.749. The van der Waals surface area contributed by atoms with Crippen molar-refractivity contribution >= 4 is 11.9 Å². The maximum Gasteiger partial charge on any atom is 0.255 e. The van der Waals surface area contributed by atoms with E-state index in [2.05, 4.69) is 15.3 Å². The minimum Gasteiger partial charge on any atom is -0.368 e. The van der Waals surface area contributed by atoms with Crippen LogP contribution in [0.15, 0.2) is 18.2 Å². The molecule has 110 valence electrons. The molecule has 0 saturated heterocycles. The molecule has 0 aliphatic carbocycles. The molecule has 2 heterocycles. The Kier molecular flexibility index (Phi) is 3.22. The molecule has 6 nitrogen and oxygen atoms in total. The molecule has 1 aromatic carbocycles. The molecule has 22 heavy (non-hydrogen) atoms. The summed E-state index contributed by atoms with van der Waals surface area (Å²) in [5.41, 5.74) is 7.79. The molecule has 0 radical (unpaired) electrons. The normalized spacial score (nSPS) is 16.6. The van der Waals surface area contributed by atoms with Gasteiger partial charge in [0, 0.05) is 6.42 Å². The largest absolute Gasteiger partial charge is 0.368 e. The van der Waals surface area contributed by atoms with Crippen LogP contribution in [0.25, 0.3) is 0 Å². The van der Waals surface area contributed by atoms with Crippen LogP contribution in [-0.4, -0.2) is 15.9 Å². The molecule has 1 unspecified atom stereocenters. The Morgan fingerprint density at radius 2 is 2.18 bits per heavy atom. The summed E-state index contributed by atoms with van der Waals surface area (Å²) >= 11 is 0. The maximum atomic E-state index is 13.6. The van der Waals surface area contributed by atoms with Crippen LogP contribution in [-0.2, 0) is 6.42 Å². The molecule has 2 aromatic rings. The average Bonchev–Trinajstić information content (AvgIpc) is 2.45. The van der Waals surface area contributed by atoms with Crippen molar-refractivity contribution in [3.05, 3.63) is 52.1 Å². The van der Waals surface area contributed by atoms with Crippen LogP contribution in [0.2, 0.25) is 0 Å². The molecule has 0 spiro atoms. The second kappa shape index (κ2) is 5.07. The second-order valence-electron chi connectivity index (χ2n) is 5.10. The van der Waals surface area contributed by atoms with E-state index in [4.69, 9.17) is 11.0 Å². The molecule has 1 atom stereocenters. The Balaban J connectivity index is 2.04. The minimum atomic E-state index is -0.521. The third-order valence-electron chi connectivity index (χ3n) is 3.56. The number of benzene rings is 1. The number of aryl methyl sites for hydroxylation is 1. The quantitative estimate of drug-likeness (QED) is 0.828. The van der Waals surface area contributed by atoms with Gasteiger partial charge in [-0.15, -0.1) is 0 Å². The molecule has 0 fully saturated rings. The Morgan fingerprint density at radius 3 is 2.91 bits per heavy atom. The SMILES string of the molecule is Cc1nc(N)nc2c1C(=O)NC(c1cc(F)cc(C#N)c1)C2. The van der Waals surface area contributed by atoms with Gasteiger partial charge in [0.2, 0.25) is 5.95 Å². The number of hydrogen-bond donors (Lipinski definition) is 2. The van der Waals surface area contributed by atoms with E-state index < -0.39 is 11.9 Å². The van der Waals surface area contributed by atoms with E-state index in [1.807, 2.05) is 6.07 Å². The van der Waals surface area contributed by atoms with Crippen molar-refractivity contribution < 1.29 is 9.18 Å².